The summed E-state index contributed by atoms with van der Waals surface area (Å²) in [6.45, 7) is 13.7. The first-order chi connectivity index (χ1) is 37.6. The molecule has 2 nitrogen and oxygen atoms in total. The van der Waals surface area contributed by atoms with E-state index in [9.17, 15) is 0 Å². The lowest BCUT2D eigenvalue weighted by molar-refractivity contribution is 0.590. The summed E-state index contributed by atoms with van der Waals surface area (Å²) < 4.78 is 1.40. The molecule has 0 atom stereocenters. The number of anilines is 6. The highest BCUT2D eigenvalue weighted by Gasteiger charge is 2.58. The molecular weight excluding hydrogens is 948 g/mol. The van der Waals surface area contributed by atoms with E-state index < -0.39 is 10.8 Å². The van der Waals surface area contributed by atoms with Crippen molar-refractivity contribution in [2.45, 2.75) is 57.8 Å². The fraction of sp³-hybridized carbons (Fsp3) is 0.123. The van der Waals surface area contributed by atoms with Crippen molar-refractivity contribution in [3.63, 3.8) is 0 Å². The molecule has 6 aliphatic rings. The average molecular weight is 1000 g/mol. The van der Waals surface area contributed by atoms with Gasteiger partial charge in [-0.2, -0.15) is 0 Å². The number of nitrogens with zero attached hydrogens (tertiary/aromatic N) is 2. The Morgan fingerprint density at radius 3 is 1.42 bits per heavy atom. The molecular formula is C73H53BN2S. The Bertz CT molecular complexity index is 4340. The minimum absolute atomic E-state index is 0.00508. The lowest BCUT2D eigenvalue weighted by Crippen LogP contribution is -2.60. The number of rotatable bonds is 2. The Hall–Kier alpha value is -8.44. The van der Waals surface area contributed by atoms with E-state index in [1.54, 1.807) is 0 Å². The summed E-state index contributed by atoms with van der Waals surface area (Å²) in [4.78, 5) is 6.74. The van der Waals surface area contributed by atoms with Crippen LogP contribution in [-0.2, 0) is 16.2 Å². The van der Waals surface area contributed by atoms with Crippen molar-refractivity contribution in [1.29, 1.82) is 0 Å². The molecule has 4 aliphatic carbocycles. The predicted molar refractivity (Wildman–Crippen MR) is 324 cm³/mol. The first-order valence-electron chi connectivity index (χ1n) is 27.4. The second-order valence-corrected chi connectivity index (χ2v) is 24.8. The number of thiophene rings is 1. The first kappa shape index (κ1) is 43.8. The maximum absolute atomic E-state index is 2.71. The summed E-state index contributed by atoms with van der Waals surface area (Å²) in [6.07, 6.45) is 0. The van der Waals surface area contributed by atoms with E-state index in [1.165, 1.54) is 160 Å². The number of hydrogen-bond acceptors (Lipinski definition) is 3. The molecule has 2 aliphatic heterocycles. The first-order valence-corrected chi connectivity index (χ1v) is 28.3. The zero-order valence-electron chi connectivity index (χ0n) is 44.1. The van der Waals surface area contributed by atoms with E-state index in [0.29, 0.717) is 0 Å². The molecule has 0 N–H and O–H groups in total. The van der Waals surface area contributed by atoms with Crippen molar-refractivity contribution >= 4 is 67.9 Å². The van der Waals surface area contributed by atoms with Gasteiger partial charge in [-0.3, -0.25) is 0 Å². The molecule has 2 spiro atoms. The highest BCUT2D eigenvalue weighted by molar-refractivity contribution is 7.30. The third-order valence-corrected chi connectivity index (χ3v) is 19.9. The molecule has 4 heteroatoms. The Balaban J connectivity index is 1.04. The van der Waals surface area contributed by atoms with Gasteiger partial charge in [-0.1, -0.05) is 202 Å². The molecule has 10 aromatic carbocycles. The van der Waals surface area contributed by atoms with Crippen LogP contribution in [0, 0.1) is 20.8 Å². The molecule has 0 amide bonds. The van der Waals surface area contributed by atoms with E-state index in [2.05, 4.69) is 275 Å². The van der Waals surface area contributed by atoms with E-state index in [0.717, 1.165) is 0 Å². The molecule has 3 heterocycles. The summed E-state index contributed by atoms with van der Waals surface area (Å²) in [5.74, 6) is 0. The SMILES string of the molecule is Cc1ccc(N2c3cc4c(cc3B3c5sc6c(c5N(c5ccc(C(C)(C)C)cc5)c5cc(C)cc2c53)-c2ccc(C)cc2C62c3ccccc3-c3ccccc32)C2(c3ccccc3-c3ccccc32)c2ccccc2-4)cc1. The number of hydrogen-bond donors (Lipinski definition) is 0. The van der Waals surface area contributed by atoms with Gasteiger partial charge < -0.3 is 9.80 Å². The summed E-state index contributed by atoms with van der Waals surface area (Å²) in [7, 11) is 0. The van der Waals surface area contributed by atoms with E-state index in [1.807, 2.05) is 0 Å². The van der Waals surface area contributed by atoms with Crippen LogP contribution in [0.4, 0.5) is 34.1 Å². The molecule has 77 heavy (non-hydrogen) atoms. The van der Waals surface area contributed by atoms with Crippen LogP contribution in [0.1, 0.15) is 86.8 Å². The minimum atomic E-state index is -0.495. The Kier molecular flexibility index (Phi) is 8.49. The van der Waals surface area contributed by atoms with Gasteiger partial charge in [-0.05, 0) is 169 Å². The van der Waals surface area contributed by atoms with Crippen LogP contribution < -0.4 is 25.5 Å². The maximum Gasteiger partial charge on any atom is 0.264 e. The molecule has 0 unspecified atom stereocenters. The lowest BCUT2D eigenvalue weighted by atomic mass is 9.35. The molecule has 11 aromatic rings. The van der Waals surface area contributed by atoms with Crippen LogP contribution in [0.5, 0.6) is 0 Å². The van der Waals surface area contributed by atoms with E-state index in [4.69, 9.17) is 0 Å². The summed E-state index contributed by atoms with van der Waals surface area (Å²) in [5, 5.41) is 0. The molecule has 364 valence electrons. The van der Waals surface area contributed by atoms with Crippen LogP contribution in [0.3, 0.4) is 0 Å². The van der Waals surface area contributed by atoms with Crippen molar-refractivity contribution < 1.29 is 0 Å². The van der Waals surface area contributed by atoms with Gasteiger partial charge in [0.1, 0.15) is 0 Å². The summed E-state index contributed by atoms with van der Waals surface area (Å²) >= 11 is 2.08. The fourth-order valence-corrected chi connectivity index (χ4v) is 17.1. The van der Waals surface area contributed by atoms with Crippen molar-refractivity contribution in [3.8, 4) is 44.5 Å². The summed E-state index contributed by atoms with van der Waals surface area (Å²) in [6, 6.07) is 82.8. The standard InChI is InChI=1S/C73H53BN2S/c1-42-27-32-46(33-28-42)75-63-40-54-52-21-11-14-24-57(52)72(55-22-12-7-17-48(55)49-18-8-13-23-56(49)72)61(54)41-62(63)74-67-64(75)38-44(3)39-65(67)76(47-34-30-45(31-35-47)71(4,5)6)68-66-53-36-29-43(2)37-60(53)73(69(66)77-70(68)74)58-25-15-9-19-50(58)51-20-10-16-26-59(51)73/h7-41H,1-6H3. The van der Waals surface area contributed by atoms with Gasteiger partial charge in [-0.25, -0.2) is 0 Å². The molecule has 0 saturated carbocycles. The second kappa shape index (κ2) is 14.9. The summed E-state index contributed by atoms with van der Waals surface area (Å²) in [5.41, 5.74) is 34.5. The molecule has 0 fully saturated rings. The van der Waals surface area contributed by atoms with Gasteiger partial charge in [0.25, 0.3) is 6.71 Å². The van der Waals surface area contributed by atoms with Gasteiger partial charge in [-0.15, -0.1) is 11.3 Å². The van der Waals surface area contributed by atoms with Crippen LogP contribution in [0.25, 0.3) is 44.5 Å². The zero-order valence-corrected chi connectivity index (χ0v) is 44.9. The average Bonchev–Trinajstić information content (AvgIpc) is 4.22. The topological polar surface area (TPSA) is 6.48 Å². The molecule has 1 aromatic heterocycles. The van der Waals surface area contributed by atoms with Crippen molar-refractivity contribution in [3.05, 3.63) is 278 Å². The number of aryl methyl sites for hydroxylation is 3. The quantitative estimate of drug-likeness (QED) is 0.159. The van der Waals surface area contributed by atoms with Crippen molar-refractivity contribution in [2.24, 2.45) is 0 Å². The predicted octanol–water partition coefficient (Wildman–Crippen LogP) is 16.7. The number of fused-ring (bicyclic) bond motifs is 25. The zero-order chi connectivity index (χ0) is 51.4. The highest BCUT2D eigenvalue weighted by atomic mass is 32.1. The Morgan fingerprint density at radius 1 is 0.390 bits per heavy atom. The normalized spacial score (nSPS) is 15.3. The fourth-order valence-electron chi connectivity index (χ4n) is 15.5. The van der Waals surface area contributed by atoms with Gasteiger partial charge in [0, 0.05) is 43.7 Å². The van der Waals surface area contributed by atoms with E-state index in [-0.39, 0.29) is 12.1 Å². The third-order valence-electron chi connectivity index (χ3n) is 18.6. The Labute approximate surface area is 455 Å². The smallest absolute Gasteiger partial charge is 0.264 e. The van der Waals surface area contributed by atoms with E-state index >= 15 is 0 Å². The van der Waals surface area contributed by atoms with Gasteiger partial charge in [0.15, 0.2) is 0 Å². The Morgan fingerprint density at radius 2 is 0.857 bits per heavy atom. The van der Waals surface area contributed by atoms with Gasteiger partial charge >= 0.3 is 0 Å². The van der Waals surface area contributed by atoms with Crippen LogP contribution in [-0.4, -0.2) is 6.71 Å². The lowest BCUT2D eigenvalue weighted by Gasteiger charge is -2.44. The van der Waals surface area contributed by atoms with Crippen LogP contribution in [0.2, 0.25) is 0 Å². The minimum Gasteiger partial charge on any atom is -0.311 e. The van der Waals surface area contributed by atoms with Crippen molar-refractivity contribution in [2.75, 3.05) is 9.80 Å². The highest BCUT2D eigenvalue weighted by Crippen LogP contribution is 2.68. The second-order valence-electron chi connectivity index (χ2n) is 23.7. The molecule has 17 rings (SSSR count). The molecule has 0 bridgehead atoms. The van der Waals surface area contributed by atoms with Crippen molar-refractivity contribution in [1.82, 2.24) is 0 Å². The molecule has 0 radical (unpaired) electrons. The third kappa shape index (κ3) is 5.32. The largest absolute Gasteiger partial charge is 0.311 e. The maximum atomic E-state index is 2.71. The van der Waals surface area contributed by atoms with Crippen LogP contribution in [0.15, 0.2) is 212 Å². The van der Waals surface area contributed by atoms with Gasteiger partial charge in [0.05, 0.1) is 16.5 Å². The monoisotopic (exact) mass is 1000 g/mol. The molecule has 0 saturated heterocycles. The van der Waals surface area contributed by atoms with Crippen LogP contribution >= 0.6 is 11.3 Å². The van der Waals surface area contributed by atoms with Gasteiger partial charge in [0.2, 0.25) is 0 Å². The number of benzene rings is 10.